The number of ether oxygens (including phenoxy) is 1. The number of carbonyl (C=O) groups excluding carboxylic acids is 2. The number of halogens is 2. The number of urea groups is 1. The van der Waals surface area contributed by atoms with Crippen molar-refractivity contribution >= 4 is 29.0 Å². The molecule has 192 valence electrons. The Balaban J connectivity index is 1.48. The normalized spacial score (nSPS) is 11.6. The number of aryl methyl sites for hydroxylation is 1. The summed E-state index contributed by atoms with van der Waals surface area (Å²) in [5.41, 5.74) is 11.7. The fourth-order valence-corrected chi connectivity index (χ4v) is 4.25. The standard InChI is InChI=1S/C23H21F2N7O4S/c1-10-9-37-22(28-10)19-14(5-13(26)6-15(19)24)12-4-16(25)20(27-8-12)11(2)29-23(34)31-30-21(33)17-7-18(35-3)32-36-17/h4-9,11H,26H2,1-3H3,(H,30,33)(H2,29,31,34). The van der Waals surface area contributed by atoms with Crippen molar-refractivity contribution in [2.75, 3.05) is 12.8 Å². The number of aromatic nitrogens is 3. The Bertz CT molecular complexity index is 1470. The molecule has 0 fully saturated rings. The molecule has 0 spiro atoms. The minimum absolute atomic E-state index is 0.0822. The Morgan fingerprint density at radius 2 is 1.95 bits per heavy atom. The number of carbonyl (C=O) groups is 2. The predicted octanol–water partition coefficient (Wildman–Crippen LogP) is 3.74. The van der Waals surface area contributed by atoms with Crippen LogP contribution in [0, 0.1) is 18.6 Å². The van der Waals surface area contributed by atoms with Gasteiger partial charge in [-0.1, -0.05) is 0 Å². The van der Waals surface area contributed by atoms with E-state index in [-0.39, 0.29) is 34.1 Å². The number of rotatable bonds is 6. The Morgan fingerprint density at radius 1 is 1.16 bits per heavy atom. The van der Waals surface area contributed by atoms with Crippen molar-refractivity contribution in [2.45, 2.75) is 19.9 Å². The average Bonchev–Trinajstić information content (AvgIpc) is 3.51. The predicted molar refractivity (Wildman–Crippen MR) is 130 cm³/mol. The molecule has 5 N–H and O–H groups in total. The molecule has 0 bridgehead atoms. The largest absolute Gasteiger partial charge is 0.479 e. The molecule has 37 heavy (non-hydrogen) atoms. The highest BCUT2D eigenvalue weighted by Gasteiger charge is 2.21. The molecule has 4 rings (SSSR count). The summed E-state index contributed by atoms with van der Waals surface area (Å²) >= 11 is 1.25. The molecule has 4 aromatic rings. The van der Waals surface area contributed by atoms with Crippen LogP contribution in [0.3, 0.4) is 0 Å². The quantitative estimate of drug-likeness (QED) is 0.217. The smallest absolute Gasteiger partial charge is 0.334 e. The highest BCUT2D eigenvalue weighted by molar-refractivity contribution is 7.13. The van der Waals surface area contributed by atoms with Crippen LogP contribution in [-0.4, -0.2) is 34.2 Å². The van der Waals surface area contributed by atoms with Crippen LogP contribution in [0.15, 0.2) is 40.4 Å². The molecule has 0 aliphatic rings. The van der Waals surface area contributed by atoms with Crippen LogP contribution in [0.1, 0.15) is 34.9 Å². The number of hydrogen-bond donors (Lipinski definition) is 4. The second-order valence-corrected chi connectivity index (χ2v) is 8.68. The lowest BCUT2D eigenvalue weighted by Gasteiger charge is -2.16. The molecule has 1 unspecified atom stereocenters. The van der Waals surface area contributed by atoms with Gasteiger partial charge in [-0.3, -0.25) is 15.2 Å². The monoisotopic (exact) mass is 529 g/mol. The first-order valence-electron chi connectivity index (χ1n) is 10.7. The zero-order valence-corrected chi connectivity index (χ0v) is 20.6. The maximum absolute atomic E-state index is 15.1. The van der Waals surface area contributed by atoms with Gasteiger partial charge in [0.1, 0.15) is 16.6 Å². The van der Waals surface area contributed by atoms with E-state index >= 15 is 4.39 Å². The summed E-state index contributed by atoms with van der Waals surface area (Å²) < 4.78 is 39.5. The fraction of sp³-hybridized carbons (Fsp3) is 0.174. The topological polar surface area (TPSA) is 157 Å². The number of pyridine rings is 1. The SMILES string of the molecule is COc1cc(C(=O)NNC(=O)NC(C)c2ncc(-c3cc(N)cc(F)c3-c3nc(C)cs3)cc2F)on1. The minimum Gasteiger partial charge on any atom is -0.479 e. The van der Waals surface area contributed by atoms with Gasteiger partial charge in [0.05, 0.1) is 30.5 Å². The van der Waals surface area contributed by atoms with Crippen molar-refractivity contribution in [3.8, 4) is 27.6 Å². The second kappa shape index (κ2) is 10.6. The lowest BCUT2D eigenvalue weighted by molar-refractivity contribution is 0.0898. The molecule has 0 saturated heterocycles. The first kappa shape index (κ1) is 25.5. The molecular weight excluding hydrogens is 508 g/mol. The van der Waals surface area contributed by atoms with Gasteiger partial charge in [-0.05, 0) is 42.8 Å². The van der Waals surface area contributed by atoms with E-state index in [4.69, 9.17) is 15.0 Å². The number of amides is 3. The molecular formula is C23H21F2N7O4S. The van der Waals surface area contributed by atoms with E-state index in [2.05, 4.69) is 31.3 Å². The Hall–Kier alpha value is -4.59. The molecule has 0 radical (unpaired) electrons. The van der Waals surface area contributed by atoms with E-state index in [9.17, 15) is 14.0 Å². The van der Waals surface area contributed by atoms with E-state index in [1.807, 2.05) is 0 Å². The van der Waals surface area contributed by atoms with Gasteiger partial charge in [0.2, 0.25) is 5.76 Å². The van der Waals surface area contributed by atoms with Crippen LogP contribution in [-0.2, 0) is 0 Å². The van der Waals surface area contributed by atoms with E-state index in [0.717, 1.165) is 5.69 Å². The van der Waals surface area contributed by atoms with Crippen LogP contribution < -0.4 is 26.6 Å². The number of benzene rings is 1. The molecule has 3 amide bonds. The number of anilines is 1. The maximum Gasteiger partial charge on any atom is 0.334 e. The summed E-state index contributed by atoms with van der Waals surface area (Å²) in [6.07, 6.45) is 1.35. The summed E-state index contributed by atoms with van der Waals surface area (Å²) in [5.74, 6) is -2.23. The molecule has 0 aliphatic heterocycles. The average molecular weight is 530 g/mol. The summed E-state index contributed by atoms with van der Waals surface area (Å²) in [6, 6.07) is 3.37. The van der Waals surface area contributed by atoms with Gasteiger partial charge in [-0.25, -0.2) is 24.0 Å². The molecule has 3 aromatic heterocycles. The summed E-state index contributed by atoms with van der Waals surface area (Å²) in [4.78, 5) is 32.6. The van der Waals surface area contributed by atoms with Gasteiger partial charge in [0.25, 0.3) is 5.88 Å². The first-order chi connectivity index (χ1) is 17.7. The lowest BCUT2D eigenvalue weighted by atomic mass is 9.99. The number of thiazole rings is 1. The zero-order valence-electron chi connectivity index (χ0n) is 19.8. The van der Waals surface area contributed by atoms with Crippen molar-refractivity contribution in [2.24, 2.45) is 0 Å². The fourth-order valence-electron chi connectivity index (χ4n) is 3.39. The molecule has 11 nitrogen and oxygen atoms in total. The van der Waals surface area contributed by atoms with Crippen molar-refractivity contribution in [1.29, 1.82) is 0 Å². The van der Waals surface area contributed by atoms with Crippen LogP contribution >= 0.6 is 11.3 Å². The maximum atomic E-state index is 15.1. The molecule has 14 heteroatoms. The Morgan fingerprint density at radius 3 is 2.59 bits per heavy atom. The molecule has 3 heterocycles. The third kappa shape index (κ3) is 5.64. The van der Waals surface area contributed by atoms with Crippen LogP contribution in [0.5, 0.6) is 5.88 Å². The van der Waals surface area contributed by atoms with E-state index in [0.29, 0.717) is 10.6 Å². The van der Waals surface area contributed by atoms with Gasteiger partial charge in [-0.15, -0.1) is 11.3 Å². The number of hydrogen-bond acceptors (Lipinski definition) is 9. The van der Waals surface area contributed by atoms with E-state index in [1.165, 1.54) is 55.8 Å². The number of nitrogen functional groups attached to an aromatic ring is 1. The zero-order chi connectivity index (χ0) is 26.7. The third-order valence-corrected chi connectivity index (χ3v) is 6.07. The Labute approximate surface area is 213 Å². The third-order valence-electron chi connectivity index (χ3n) is 5.09. The number of nitrogens with one attached hydrogen (secondary N) is 3. The molecule has 1 aromatic carbocycles. The van der Waals surface area contributed by atoms with Crippen molar-refractivity contribution in [3.63, 3.8) is 0 Å². The van der Waals surface area contributed by atoms with E-state index in [1.54, 1.807) is 12.3 Å². The van der Waals surface area contributed by atoms with E-state index < -0.39 is 29.6 Å². The highest BCUT2D eigenvalue weighted by atomic mass is 32.1. The van der Waals surface area contributed by atoms with Crippen LogP contribution in [0.2, 0.25) is 0 Å². The van der Waals surface area contributed by atoms with Crippen molar-refractivity contribution in [1.82, 2.24) is 31.3 Å². The molecule has 1 atom stereocenters. The van der Waals surface area contributed by atoms with Crippen LogP contribution in [0.4, 0.5) is 19.3 Å². The van der Waals surface area contributed by atoms with Crippen molar-refractivity contribution < 1.29 is 27.6 Å². The lowest BCUT2D eigenvalue weighted by Crippen LogP contribution is -2.47. The van der Waals surface area contributed by atoms with Gasteiger partial charge in [-0.2, -0.15) is 0 Å². The Kier molecular flexibility index (Phi) is 7.29. The molecule has 0 aliphatic carbocycles. The summed E-state index contributed by atoms with van der Waals surface area (Å²) in [6.45, 7) is 3.28. The first-order valence-corrected chi connectivity index (χ1v) is 11.6. The number of nitrogens with two attached hydrogens (primary N) is 1. The number of methoxy groups -OCH3 is 1. The van der Waals surface area contributed by atoms with Gasteiger partial charge in [0.15, 0.2) is 0 Å². The van der Waals surface area contributed by atoms with Gasteiger partial charge < -0.3 is 20.3 Å². The number of hydrazine groups is 1. The van der Waals surface area contributed by atoms with Crippen LogP contribution in [0.25, 0.3) is 21.7 Å². The molecule has 0 saturated carbocycles. The van der Waals surface area contributed by atoms with Gasteiger partial charge in [0, 0.05) is 28.5 Å². The summed E-state index contributed by atoms with van der Waals surface area (Å²) in [7, 11) is 1.35. The summed E-state index contributed by atoms with van der Waals surface area (Å²) in [5, 5.41) is 8.13. The second-order valence-electron chi connectivity index (χ2n) is 7.82. The van der Waals surface area contributed by atoms with Crippen molar-refractivity contribution in [3.05, 3.63) is 64.6 Å². The highest BCUT2D eigenvalue weighted by Crippen LogP contribution is 2.38. The number of nitrogens with zero attached hydrogens (tertiary/aromatic N) is 3. The minimum atomic E-state index is -0.894. The van der Waals surface area contributed by atoms with Gasteiger partial charge >= 0.3 is 11.9 Å².